The van der Waals surface area contributed by atoms with Gasteiger partial charge < -0.3 is 11.1 Å². The smallest absolute Gasteiger partial charge is 0.237 e. The van der Waals surface area contributed by atoms with E-state index in [4.69, 9.17) is 5.73 Å². The molecular formula is C17H22N2O. The maximum atomic E-state index is 11.8. The van der Waals surface area contributed by atoms with E-state index in [0.29, 0.717) is 6.54 Å². The molecule has 2 rings (SSSR count). The number of nitrogens with one attached hydrogen (secondary N) is 1. The zero-order chi connectivity index (χ0) is 14.5. The van der Waals surface area contributed by atoms with Crippen LogP contribution in [0.4, 0.5) is 0 Å². The van der Waals surface area contributed by atoms with Gasteiger partial charge in [-0.2, -0.15) is 0 Å². The van der Waals surface area contributed by atoms with Crippen LogP contribution in [0.3, 0.4) is 0 Å². The van der Waals surface area contributed by atoms with Crippen LogP contribution in [-0.4, -0.2) is 18.5 Å². The molecule has 0 aromatic heterocycles. The molecule has 0 heterocycles. The van der Waals surface area contributed by atoms with Gasteiger partial charge in [0.2, 0.25) is 5.91 Å². The van der Waals surface area contributed by atoms with Crippen LogP contribution in [0.15, 0.2) is 42.5 Å². The van der Waals surface area contributed by atoms with E-state index in [0.717, 1.165) is 6.42 Å². The highest BCUT2D eigenvalue weighted by atomic mass is 16.2. The number of hydrogen-bond donors (Lipinski definition) is 2. The van der Waals surface area contributed by atoms with Gasteiger partial charge in [-0.25, -0.2) is 0 Å². The molecule has 106 valence electrons. The zero-order valence-electron chi connectivity index (χ0n) is 12.1. The van der Waals surface area contributed by atoms with Crippen molar-refractivity contribution in [1.82, 2.24) is 5.32 Å². The van der Waals surface area contributed by atoms with Gasteiger partial charge in [-0.05, 0) is 28.7 Å². The fraction of sp³-hybridized carbons (Fsp3) is 0.353. The van der Waals surface area contributed by atoms with Gasteiger partial charge >= 0.3 is 0 Å². The molecule has 0 bridgehead atoms. The molecule has 1 atom stereocenters. The second-order valence-corrected chi connectivity index (χ2v) is 5.49. The van der Waals surface area contributed by atoms with Crippen LogP contribution in [0, 0.1) is 5.92 Å². The molecule has 0 aliphatic rings. The van der Waals surface area contributed by atoms with E-state index in [1.54, 1.807) is 0 Å². The van der Waals surface area contributed by atoms with Crippen molar-refractivity contribution < 1.29 is 4.79 Å². The Morgan fingerprint density at radius 2 is 1.85 bits per heavy atom. The Bertz CT molecular complexity index is 592. The molecule has 0 fully saturated rings. The summed E-state index contributed by atoms with van der Waals surface area (Å²) in [6.07, 6.45) is 0.821. The van der Waals surface area contributed by atoms with E-state index in [-0.39, 0.29) is 11.8 Å². The first-order chi connectivity index (χ1) is 9.58. The van der Waals surface area contributed by atoms with Gasteiger partial charge in [-0.3, -0.25) is 4.79 Å². The molecule has 0 unspecified atom stereocenters. The second-order valence-electron chi connectivity index (χ2n) is 5.49. The van der Waals surface area contributed by atoms with Crippen molar-refractivity contribution in [3.05, 3.63) is 48.0 Å². The normalized spacial score (nSPS) is 12.6. The van der Waals surface area contributed by atoms with Crippen LogP contribution in [-0.2, 0) is 11.2 Å². The number of carbonyl (C=O) groups is 1. The Labute approximate surface area is 120 Å². The summed E-state index contributed by atoms with van der Waals surface area (Å²) in [6, 6.07) is 14.2. The topological polar surface area (TPSA) is 55.1 Å². The van der Waals surface area contributed by atoms with E-state index in [1.807, 2.05) is 26.0 Å². The first-order valence-corrected chi connectivity index (χ1v) is 7.09. The molecule has 0 saturated carbocycles. The number of nitrogens with two attached hydrogens (primary N) is 1. The summed E-state index contributed by atoms with van der Waals surface area (Å²) >= 11 is 0. The van der Waals surface area contributed by atoms with E-state index in [9.17, 15) is 4.79 Å². The lowest BCUT2D eigenvalue weighted by Gasteiger charge is -2.15. The Kier molecular flexibility index (Phi) is 4.74. The summed E-state index contributed by atoms with van der Waals surface area (Å²) in [5.74, 6) is 0.0939. The van der Waals surface area contributed by atoms with E-state index >= 15 is 0 Å². The van der Waals surface area contributed by atoms with Crippen LogP contribution >= 0.6 is 0 Å². The van der Waals surface area contributed by atoms with Gasteiger partial charge in [-0.1, -0.05) is 56.3 Å². The predicted molar refractivity (Wildman–Crippen MR) is 83.5 cm³/mol. The number of benzene rings is 2. The molecule has 3 N–H and O–H groups in total. The minimum atomic E-state index is -0.424. The average Bonchev–Trinajstić information content (AvgIpc) is 2.46. The maximum Gasteiger partial charge on any atom is 0.237 e. The fourth-order valence-electron chi connectivity index (χ4n) is 2.14. The van der Waals surface area contributed by atoms with Gasteiger partial charge in [-0.15, -0.1) is 0 Å². The summed E-state index contributed by atoms with van der Waals surface area (Å²) in [5.41, 5.74) is 7.03. The third kappa shape index (κ3) is 3.58. The lowest BCUT2D eigenvalue weighted by molar-refractivity contribution is -0.123. The lowest BCUT2D eigenvalue weighted by atomic mass is 10.0. The van der Waals surface area contributed by atoms with Crippen molar-refractivity contribution in [1.29, 1.82) is 0 Å². The molecule has 2 aromatic carbocycles. The molecule has 0 aliphatic heterocycles. The average molecular weight is 270 g/mol. The van der Waals surface area contributed by atoms with Crippen LogP contribution in [0.25, 0.3) is 10.8 Å². The second kappa shape index (κ2) is 6.53. The molecule has 3 nitrogen and oxygen atoms in total. The van der Waals surface area contributed by atoms with Crippen molar-refractivity contribution in [2.45, 2.75) is 26.3 Å². The van der Waals surface area contributed by atoms with Crippen molar-refractivity contribution in [3.63, 3.8) is 0 Å². The van der Waals surface area contributed by atoms with Crippen molar-refractivity contribution in [3.8, 4) is 0 Å². The standard InChI is InChI=1S/C17H22N2O/c1-12(2)16(18)17(20)19-10-9-13-7-8-14-5-3-4-6-15(14)11-13/h3-8,11-12,16H,9-10,18H2,1-2H3,(H,19,20)/t16-/m0/s1. The molecule has 0 aliphatic carbocycles. The minimum absolute atomic E-state index is 0.0687. The zero-order valence-corrected chi connectivity index (χ0v) is 12.1. The highest BCUT2D eigenvalue weighted by Crippen LogP contribution is 2.15. The Morgan fingerprint density at radius 3 is 2.55 bits per heavy atom. The van der Waals surface area contributed by atoms with Crippen LogP contribution in [0.1, 0.15) is 19.4 Å². The predicted octanol–water partition coefficient (Wildman–Crippen LogP) is 2.48. The molecule has 20 heavy (non-hydrogen) atoms. The van der Waals surface area contributed by atoms with Crippen molar-refractivity contribution >= 4 is 16.7 Å². The van der Waals surface area contributed by atoms with Gasteiger partial charge in [0.1, 0.15) is 0 Å². The lowest BCUT2D eigenvalue weighted by Crippen LogP contribution is -2.44. The van der Waals surface area contributed by atoms with E-state index in [2.05, 4.69) is 35.6 Å². The number of hydrogen-bond acceptors (Lipinski definition) is 2. The molecule has 0 saturated heterocycles. The fourth-order valence-corrected chi connectivity index (χ4v) is 2.14. The first-order valence-electron chi connectivity index (χ1n) is 7.09. The third-order valence-corrected chi connectivity index (χ3v) is 3.55. The summed E-state index contributed by atoms with van der Waals surface area (Å²) in [4.78, 5) is 11.8. The Balaban J connectivity index is 1.91. The number of fused-ring (bicyclic) bond motifs is 1. The summed E-state index contributed by atoms with van der Waals surface area (Å²) < 4.78 is 0. The summed E-state index contributed by atoms with van der Waals surface area (Å²) in [5, 5.41) is 5.37. The maximum absolute atomic E-state index is 11.8. The summed E-state index contributed by atoms with van der Waals surface area (Å²) in [6.45, 7) is 4.53. The summed E-state index contributed by atoms with van der Waals surface area (Å²) in [7, 11) is 0. The van der Waals surface area contributed by atoms with E-state index in [1.165, 1.54) is 16.3 Å². The number of amides is 1. The first kappa shape index (κ1) is 14.5. The SMILES string of the molecule is CC(C)[C@H](N)C(=O)NCCc1ccc2ccccc2c1. The van der Waals surface area contributed by atoms with Gasteiger partial charge in [0.05, 0.1) is 6.04 Å². The molecule has 3 heteroatoms. The number of rotatable bonds is 5. The van der Waals surface area contributed by atoms with Crippen LogP contribution in [0.2, 0.25) is 0 Å². The van der Waals surface area contributed by atoms with Gasteiger partial charge in [0.15, 0.2) is 0 Å². The highest BCUT2D eigenvalue weighted by molar-refractivity contribution is 5.83. The molecule has 0 spiro atoms. The Hall–Kier alpha value is -1.87. The van der Waals surface area contributed by atoms with Crippen LogP contribution in [0.5, 0.6) is 0 Å². The highest BCUT2D eigenvalue weighted by Gasteiger charge is 2.16. The Morgan fingerprint density at radius 1 is 1.15 bits per heavy atom. The van der Waals surface area contributed by atoms with Gasteiger partial charge in [0.25, 0.3) is 0 Å². The molecule has 2 aromatic rings. The molecule has 1 amide bonds. The van der Waals surface area contributed by atoms with Crippen LogP contribution < -0.4 is 11.1 Å². The van der Waals surface area contributed by atoms with Crippen molar-refractivity contribution in [2.24, 2.45) is 11.7 Å². The van der Waals surface area contributed by atoms with Gasteiger partial charge in [0, 0.05) is 6.54 Å². The number of carbonyl (C=O) groups excluding carboxylic acids is 1. The van der Waals surface area contributed by atoms with E-state index < -0.39 is 6.04 Å². The minimum Gasteiger partial charge on any atom is -0.354 e. The third-order valence-electron chi connectivity index (χ3n) is 3.55. The molecule has 0 radical (unpaired) electrons. The monoisotopic (exact) mass is 270 g/mol. The van der Waals surface area contributed by atoms with Crippen molar-refractivity contribution in [2.75, 3.05) is 6.54 Å². The largest absolute Gasteiger partial charge is 0.354 e. The quantitative estimate of drug-likeness (QED) is 0.877. The molecular weight excluding hydrogens is 248 g/mol.